The molecule has 1 aliphatic heterocycles. The highest BCUT2D eigenvalue weighted by Gasteiger charge is 2.48. The lowest BCUT2D eigenvalue weighted by Crippen LogP contribution is -2.45. The first-order valence-electron chi connectivity index (χ1n) is 6.84. The Morgan fingerprint density at radius 1 is 1.14 bits per heavy atom. The molecule has 2 rings (SSSR count). The van der Waals surface area contributed by atoms with Crippen LogP contribution in [0.2, 0.25) is 0 Å². The normalized spacial score (nSPS) is 26.0. The van der Waals surface area contributed by atoms with Gasteiger partial charge in [-0.2, -0.15) is 18.2 Å². The fourth-order valence-corrected chi connectivity index (χ4v) is 2.77. The molecule has 1 aromatic carbocycles. The zero-order chi connectivity index (χ0) is 15.9. The van der Waals surface area contributed by atoms with Crippen molar-refractivity contribution in [3.63, 3.8) is 0 Å². The summed E-state index contributed by atoms with van der Waals surface area (Å²) < 4.78 is 41.0. The zero-order valence-electron chi connectivity index (χ0n) is 12.4. The molecule has 0 aromatic heterocycles. The highest BCUT2D eigenvalue weighted by atomic mass is 19.4. The third kappa shape index (κ3) is 3.32. The lowest BCUT2D eigenvalue weighted by molar-refractivity contribution is -0.200. The predicted molar refractivity (Wildman–Crippen MR) is 72.3 cm³/mol. The van der Waals surface area contributed by atoms with Gasteiger partial charge >= 0.3 is 6.18 Å². The number of hydroxylamine groups is 2. The molecular formula is C15H20F3NO2. The van der Waals surface area contributed by atoms with Gasteiger partial charge < -0.3 is 9.94 Å². The summed E-state index contributed by atoms with van der Waals surface area (Å²) in [5, 5.41) is 11.7. The summed E-state index contributed by atoms with van der Waals surface area (Å²) in [5.74, 6) is 0.168. The monoisotopic (exact) mass is 303 g/mol. The van der Waals surface area contributed by atoms with Gasteiger partial charge in [0.1, 0.15) is 5.75 Å². The quantitative estimate of drug-likeness (QED) is 0.912. The summed E-state index contributed by atoms with van der Waals surface area (Å²) in [5.41, 5.74) is 0.00152. The van der Waals surface area contributed by atoms with E-state index in [2.05, 4.69) is 4.74 Å². The molecule has 1 saturated heterocycles. The van der Waals surface area contributed by atoms with Gasteiger partial charge in [-0.1, -0.05) is 12.1 Å². The predicted octanol–water partition coefficient (Wildman–Crippen LogP) is 4.11. The molecule has 0 spiro atoms. The molecule has 1 fully saturated rings. The third-order valence-corrected chi connectivity index (χ3v) is 4.14. The summed E-state index contributed by atoms with van der Waals surface area (Å²) in [4.78, 5) is 0. The van der Waals surface area contributed by atoms with Crippen molar-refractivity contribution in [3.8, 4) is 5.75 Å². The van der Waals surface area contributed by atoms with Crippen molar-refractivity contribution in [2.45, 2.75) is 50.9 Å². The number of nitrogens with zero attached hydrogens (tertiary/aromatic N) is 1. The first kappa shape index (κ1) is 16.1. The molecule has 1 heterocycles. The number of hydrogen-bond acceptors (Lipinski definition) is 3. The van der Waals surface area contributed by atoms with Gasteiger partial charge in [0.15, 0.2) is 6.61 Å². The Hall–Kier alpha value is -1.27. The van der Waals surface area contributed by atoms with E-state index < -0.39 is 18.3 Å². The molecule has 1 aliphatic rings. The molecule has 6 heteroatoms. The Morgan fingerprint density at radius 2 is 1.71 bits per heavy atom. The van der Waals surface area contributed by atoms with E-state index >= 15 is 0 Å². The number of ether oxygens (including phenoxy) is 1. The van der Waals surface area contributed by atoms with Gasteiger partial charge in [0, 0.05) is 5.54 Å². The van der Waals surface area contributed by atoms with E-state index in [1.807, 2.05) is 20.8 Å². The SMILES string of the molecule is CC1(C)CCC(C)(c2ccc(OCC(F)(F)F)cc2)N1O. The summed E-state index contributed by atoms with van der Waals surface area (Å²) in [6.45, 7) is 4.54. The third-order valence-electron chi connectivity index (χ3n) is 4.14. The van der Waals surface area contributed by atoms with Crippen LogP contribution in [0.4, 0.5) is 13.2 Å². The average Bonchev–Trinajstić information content (AvgIpc) is 2.61. The van der Waals surface area contributed by atoms with Crippen molar-refractivity contribution in [3.05, 3.63) is 29.8 Å². The molecule has 0 amide bonds. The molecule has 0 bridgehead atoms. The Morgan fingerprint density at radius 3 is 2.14 bits per heavy atom. The van der Waals surface area contributed by atoms with E-state index in [1.54, 1.807) is 12.1 Å². The summed E-state index contributed by atoms with van der Waals surface area (Å²) >= 11 is 0. The minimum Gasteiger partial charge on any atom is -0.484 e. The maximum absolute atomic E-state index is 12.1. The first-order valence-corrected chi connectivity index (χ1v) is 6.84. The van der Waals surface area contributed by atoms with Crippen LogP contribution < -0.4 is 4.74 Å². The van der Waals surface area contributed by atoms with Crippen molar-refractivity contribution in [2.75, 3.05) is 6.61 Å². The lowest BCUT2D eigenvalue weighted by atomic mass is 9.90. The van der Waals surface area contributed by atoms with Gasteiger partial charge in [-0.25, -0.2) is 0 Å². The van der Waals surface area contributed by atoms with Crippen LogP contribution in [0.1, 0.15) is 39.2 Å². The van der Waals surface area contributed by atoms with Gasteiger partial charge in [-0.15, -0.1) is 0 Å². The van der Waals surface area contributed by atoms with Crippen molar-refractivity contribution in [1.82, 2.24) is 5.06 Å². The van der Waals surface area contributed by atoms with Gasteiger partial charge in [0.05, 0.1) is 5.54 Å². The van der Waals surface area contributed by atoms with Crippen LogP contribution in [0.5, 0.6) is 5.75 Å². The van der Waals surface area contributed by atoms with E-state index in [0.29, 0.717) is 0 Å². The molecule has 0 aliphatic carbocycles. The summed E-state index contributed by atoms with van der Waals surface area (Å²) in [7, 11) is 0. The summed E-state index contributed by atoms with van der Waals surface area (Å²) in [6.07, 6.45) is -2.73. The highest BCUT2D eigenvalue weighted by Crippen LogP contribution is 2.45. The van der Waals surface area contributed by atoms with Crippen LogP contribution in [0.15, 0.2) is 24.3 Å². The minimum absolute atomic E-state index is 0.168. The van der Waals surface area contributed by atoms with Crippen LogP contribution in [0.3, 0.4) is 0 Å². The van der Waals surface area contributed by atoms with Crippen LogP contribution in [-0.2, 0) is 5.54 Å². The van der Waals surface area contributed by atoms with Crippen LogP contribution in [0, 0.1) is 0 Å². The number of rotatable bonds is 3. The highest BCUT2D eigenvalue weighted by molar-refractivity contribution is 5.32. The fraction of sp³-hybridized carbons (Fsp3) is 0.600. The van der Waals surface area contributed by atoms with Crippen molar-refractivity contribution < 1.29 is 23.1 Å². The molecule has 1 atom stereocenters. The molecule has 1 unspecified atom stereocenters. The second-order valence-corrected chi connectivity index (χ2v) is 6.33. The molecule has 0 saturated carbocycles. The van der Waals surface area contributed by atoms with Crippen molar-refractivity contribution >= 4 is 0 Å². The van der Waals surface area contributed by atoms with Gasteiger partial charge in [-0.3, -0.25) is 0 Å². The summed E-state index contributed by atoms with van der Waals surface area (Å²) in [6, 6.07) is 6.42. The van der Waals surface area contributed by atoms with Crippen LogP contribution >= 0.6 is 0 Å². The zero-order valence-corrected chi connectivity index (χ0v) is 12.4. The maximum atomic E-state index is 12.1. The van der Waals surface area contributed by atoms with E-state index in [9.17, 15) is 18.4 Å². The Bertz CT molecular complexity index is 499. The molecule has 0 radical (unpaired) electrons. The van der Waals surface area contributed by atoms with Gasteiger partial charge in [-0.05, 0) is 51.3 Å². The van der Waals surface area contributed by atoms with E-state index in [0.717, 1.165) is 18.4 Å². The standard InChI is InChI=1S/C15H20F3NO2/c1-13(2)8-9-14(3,19(13)20)11-4-6-12(7-5-11)21-10-15(16,17)18/h4-7,20H,8-10H2,1-3H3. The topological polar surface area (TPSA) is 32.7 Å². The van der Waals surface area contributed by atoms with Gasteiger partial charge in [0.25, 0.3) is 0 Å². The van der Waals surface area contributed by atoms with Crippen LogP contribution in [0.25, 0.3) is 0 Å². The average molecular weight is 303 g/mol. The fourth-order valence-electron chi connectivity index (χ4n) is 2.77. The molecule has 21 heavy (non-hydrogen) atoms. The molecule has 118 valence electrons. The van der Waals surface area contributed by atoms with Crippen molar-refractivity contribution in [1.29, 1.82) is 0 Å². The number of alkyl halides is 3. The Labute approximate surface area is 122 Å². The van der Waals surface area contributed by atoms with E-state index in [-0.39, 0.29) is 11.3 Å². The molecule has 1 N–H and O–H groups in total. The number of hydrogen-bond donors (Lipinski definition) is 1. The van der Waals surface area contributed by atoms with E-state index in [4.69, 9.17) is 0 Å². The van der Waals surface area contributed by atoms with Crippen molar-refractivity contribution in [2.24, 2.45) is 0 Å². The Balaban J connectivity index is 2.12. The van der Waals surface area contributed by atoms with Crippen LogP contribution in [-0.4, -0.2) is 28.6 Å². The lowest BCUT2D eigenvalue weighted by Gasteiger charge is -2.37. The maximum Gasteiger partial charge on any atom is 0.422 e. The first-order chi connectivity index (χ1) is 9.55. The number of halogens is 3. The molecule has 3 nitrogen and oxygen atoms in total. The Kier molecular flexibility index (Phi) is 3.97. The smallest absolute Gasteiger partial charge is 0.422 e. The second-order valence-electron chi connectivity index (χ2n) is 6.33. The van der Waals surface area contributed by atoms with Gasteiger partial charge in [0.2, 0.25) is 0 Å². The van der Waals surface area contributed by atoms with E-state index in [1.165, 1.54) is 17.2 Å². The molecular weight excluding hydrogens is 283 g/mol. The molecule has 1 aromatic rings. The second kappa shape index (κ2) is 5.18. The number of benzene rings is 1. The minimum atomic E-state index is -4.35. The largest absolute Gasteiger partial charge is 0.484 e.